The van der Waals surface area contributed by atoms with Crippen LogP contribution in [0.2, 0.25) is 0 Å². The fourth-order valence-corrected chi connectivity index (χ4v) is 2.76. The molecule has 0 amide bonds. The van der Waals surface area contributed by atoms with Crippen LogP contribution in [0.25, 0.3) is 0 Å². The van der Waals surface area contributed by atoms with E-state index >= 15 is 0 Å². The summed E-state index contributed by atoms with van der Waals surface area (Å²) in [6.45, 7) is 3.00. The van der Waals surface area contributed by atoms with Crippen LogP contribution in [0, 0.1) is 0 Å². The van der Waals surface area contributed by atoms with E-state index in [1.165, 1.54) is 4.88 Å². The lowest BCUT2D eigenvalue weighted by Crippen LogP contribution is -2.44. The molecule has 3 heteroatoms. The summed E-state index contributed by atoms with van der Waals surface area (Å²) >= 11 is 1.74. The largest absolute Gasteiger partial charge is 0.394 e. The van der Waals surface area contributed by atoms with E-state index in [1.807, 2.05) is 18.2 Å². The van der Waals surface area contributed by atoms with Crippen molar-refractivity contribution in [2.45, 2.75) is 25.4 Å². The Morgan fingerprint density at radius 1 is 1.17 bits per heavy atom. The van der Waals surface area contributed by atoms with E-state index in [0.29, 0.717) is 0 Å². The van der Waals surface area contributed by atoms with Gasteiger partial charge >= 0.3 is 0 Å². The fraction of sp³-hybridized carbons (Fsp3) is 0.333. The Hall–Kier alpha value is -1.16. The Bertz CT molecular complexity index is 449. The quantitative estimate of drug-likeness (QED) is 0.837. The van der Waals surface area contributed by atoms with E-state index < -0.39 is 0 Å². The molecule has 2 aromatic rings. The number of aliphatic hydroxyl groups is 1. The van der Waals surface area contributed by atoms with E-state index in [1.54, 1.807) is 11.3 Å². The van der Waals surface area contributed by atoms with Gasteiger partial charge in [-0.3, -0.25) is 0 Å². The van der Waals surface area contributed by atoms with Gasteiger partial charge in [0.25, 0.3) is 0 Å². The smallest absolute Gasteiger partial charge is 0.0669 e. The van der Waals surface area contributed by atoms with Crippen LogP contribution in [0.5, 0.6) is 0 Å². The summed E-state index contributed by atoms with van der Waals surface area (Å²) in [5.74, 6) is 0. The summed E-state index contributed by atoms with van der Waals surface area (Å²) in [6, 6.07) is 14.3. The zero-order valence-corrected chi connectivity index (χ0v) is 11.4. The molecule has 1 unspecified atom stereocenters. The highest BCUT2D eigenvalue weighted by molar-refractivity contribution is 7.09. The molecule has 0 saturated heterocycles. The summed E-state index contributed by atoms with van der Waals surface area (Å²) in [5, 5.41) is 15.4. The molecule has 1 atom stereocenters. The molecule has 0 saturated carbocycles. The van der Waals surface area contributed by atoms with Crippen LogP contribution < -0.4 is 5.32 Å². The second-order valence-corrected chi connectivity index (χ2v) is 5.42. The van der Waals surface area contributed by atoms with Crippen molar-refractivity contribution in [1.82, 2.24) is 5.32 Å². The molecule has 0 aliphatic carbocycles. The molecule has 2 rings (SSSR count). The van der Waals surface area contributed by atoms with Crippen molar-refractivity contribution in [2.24, 2.45) is 0 Å². The van der Waals surface area contributed by atoms with E-state index in [9.17, 15) is 5.11 Å². The monoisotopic (exact) mass is 261 g/mol. The summed E-state index contributed by atoms with van der Waals surface area (Å²) in [6.07, 6.45) is 0.860. The second-order valence-electron chi connectivity index (χ2n) is 4.39. The van der Waals surface area contributed by atoms with Gasteiger partial charge in [0.15, 0.2) is 0 Å². The molecular formula is C15H19NOS. The molecule has 1 aromatic carbocycles. The maximum atomic E-state index is 9.80. The molecule has 0 aliphatic rings. The van der Waals surface area contributed by atoms with E-state index in [-0.39, 0.29) is 12.1 Å². The van der Waals surface area contributed by atoms with Crippen LogP contribution >= 0.6 is 11.3 Å². The minimum absolute atomic E-state index is 0.110. The highest BCUT2D eigenvalue weighted by atomic mass is 32.1. The Balaban J connectivity index is 2.16. The van der Waals surface area contributed by atoms with Crippen molar-refractivity contribution in [3.05, 3.63) is 58.3 Å². The Labute approximate surface area is 112 Å². The molecule has 0 fully saturated rings. The molecule has 0 aliphatic heterocycles. The second kappa shape index (κ2) is 6.14. The molecule has 96 valence electrons. The zero-order valence-electron chi connectivity index (χ0n) is 10.6. The number of rotatable bonds is 6. The van der Waals surface area contributed by atoms with Gasteiger partial charge < -0.3 is 10.4 Å². The molecule has 2 N–H and O–H groups in total. The van der Waals surface area contributed by atoms with Crippen molar-refractivity contribution >= 4 is 11.3 Å². The van der Waals surface area contributed by atoms with Gasteiger partial charge in [-0.2, -0.15) is 0 Å². The lowest BCUT2D eigenvalue weighted by atomic mass is 9.88. The highest BCUT2D eigenvalue weighted by Gasteiger charge is 2.28. The molecule has 18 heavy (non-hydrogen) atoms. The molecule has 1 heterocycles. The minimum Gasteiger partial charge on any atom is -0.394 e. The first-order chi connectivity index (χ1) is 8.80. The predicted octanol–water partition coefficient (Wildman–Crippen LogP) is 3.14. The van der Waals surface area contributed by atoms with Crippen LogP contribution in [-0.4, -0.2) is 11.7 Å². The van der Waals surface area contributed by atoms with E-state index in [2.05, 4.69) is 41.9 Å². The van der Waals surface area contributed by atoms with Crippen molar-refractivity contribution in [3.8, 4) is 0 Å². The van der Waals surface area contributed by atoms with Gasteiger partial charge in [0.05, 0.1) is 12.1 Å². The highest BCUT2D eigenvalue weighted by Crippen LogP contribution is 2.25. The van der Waals surface area contributed by atoms with E-state index in [4.69, 9.17) is 0 Å². The molecule has 2 nitrogen and oxygen atoms in total. The minimum atomic E-state index is -0.342. The zero-order chi connectivity index (χ0) is 12.8. The number of nitrogens with one attached hydrogen (secondary N) is 1. The lowest BCUT2D eigenvalue weighted by molar-refractivity contribution is 0.154. The van der Waals surface area contributed by atoms with Crippen LogP contribution in [-0.2, 0) is 12.1 Å². The maximum Gasteiger partial charge on any atom is 0.0669 e. The van der Waals surface area contributed by atoms with Crippen molar-refractivity contribution in [2.75, 3.05) is 6.61 Å². The first-order valence-electron chi connectivity index (χ1n) is 6.24. The summed E-state index contributed by atoms with van der Waals surface area (Å²) in [7, 11) is 0. The van der Waals surface area contributed by atoms with Crippen molar-refractivity contribution in [1.29, 1.82) is 0 Å². The average Bonchev–Trinajstić information content (AvgIpc) is 2.95. The lowest BCUT2D eigenvalue weighted by Gasteiger charge is -2.32. The van der Waals surface area contributed by atoms with Crippen molar-refractivity contribution < 1.29 is 5.11 Å². The Morgan fingerprint density at radius 2 is 1.94 bits per heavy atom. The standard InChI is InChI=1S/C15H19NOS/c1-2-15(12-17,13-7-4-3-5-8-13)16-11-14-9-6-10-18-14/h3-10,16-17H,2,11-12H2,1H3. The Morgan fingerprint density at radius 3 is 2.50 bits per heavy atom. The molecule has 0 spiro atoms. The van der Waals surface area contributed by atoms with Gasteiger partial charge in [0.1, 0.15) is 0 Å². The first-order valence-corrected chi connectivity index (χ1v) is 7.12. The van der Waals surface area contributed by atoms with Gasteiger partial charge in [-0.15, -0.1) is 11.3 Å². The number of aliphatic hydroxyl groups excluding tert-OH is 1. The van der Waals surface area contributed by atoms with Gasteiger partial charge in [0.2, 0.25) is 0 Å². The first kappa shape index (κ1) is 13.3. The third kappa shape index (κ3) is 2.80. The average molecular weight is 261 g/mol. The van der Waals surface area contributed by atoms with Gasteiger partial charge in [0, 0.05) is 11.4 Å². The molecule has 0 bridgehead atoms. The van der Waals surface area contributed by atoms with Crippen LogP contribution in [0.1, 0.15) is 23.8 Å². The molecule has 1 aromatic heterocycles. The van der Waals surface area contributed by atoms with Crippen LogP contribution in [0.3, 0.4) is 0 Å². The topological polar surface area (TPSA) is 32.3 Å². The van der Waals surface area contributed by atoms with Crippen LogP contribution in [0.4, 0.5) is 0 Å². The number of thiophene rings is 1. The SMILES string of the molecule is CCC(CO)(NCc1cccs1)c1ccccc1. The summed E-state index contributed by atoms with van der Waals surface area (Å²) in [4.78, 5) is 1.29. The maximum absolute atomic E-state index is 9.80. The van der Waals surface area contributed by atoms with Gasteiger partial charge in [-0.25, -0.2) is 0 Å². The summed E-state index contributed by atoms with van der Waals surface area (Å²) < 4.78 is 0. The summed E-state index contributed by atoms with van der Waals surface area (Å²) in [5.41, 5.74) is 0.803. The van der Waals surface area contributed by atoms with Crippen molar-refractivity contribution in [3.63, 3.8) is 0 Å². The fourth-order valence-electron chi connectivity index (χ4n) is 2.12. The Kier molecular flexibility index (Phi) is 4.53. The molecule has 0 radical (unpaired) electrons. The van der Waals surface area contributed by atoms with Crippen LogP contribution in [0.15, 0.2) is 47.8 Å². The normalized spacial score (nSPS) is 14.3. The number of benzene rings is 1. The molecular weight excluding hydrogens is 242 g/mol. The third-order valence-electron chi connectivity index (χ3n) is 3.38. The van der Waals surface area contributed by atoms with Gasteiger partial charge in [-0.05, 0) is 23.4 Å². The number of hydrogen-bond acceptors (Lipinski definition) is 3. The van der Waals surface area contributed by atoms with Gasteiger partial charge in [-0.1, -0.05) is 43.3 Å². The van der Waals surface area contributed by atoms with E-state index in [0.717, 1.165) is 18.5 Å². The third-order valence-corrected chi connectivity index (χ3v) is 4.26. The number of hydrogen-bond donors (Lipinski definition) is 2. The predicted molar refractivity (Wildman–Crippen MR) is 76.7 cm³/mol.